The number of carbonyl (C=O) groups excluding carboxylic acids is 2. The van der Waals surface area contributed by atoms with E-state index in [4.69, 9.17) is 0 Å². The number of rotatable bonds is 4. The Bertz CT molecular complexity index is 979. The number of fused-ring (bicyclic) bond motifs is 2. The molecule has 0 saturated carbocycles. The average molecular weight is 410 g/mol. The number of aliphatic hydroxyl groups excluding tert-OH is 1. The SMILES string of the molecule is O=C1C2CC(O)CN2C2(CN(Cc3ccccn3)C2)C(=O)N1Cc1ccccc1F. The zero-order valence-corrected chi connectivity index (χ0v) is 16.4. The molecule has 3 aliphatic rings. The second-order valence-electron chi connectivity index (χ2n) is 8.38. The van der Waals surface area contributed by atoms with E-state index in [0.717, 1.165) is 5.69 Å². The van der Waals surface area contributed by atoms with E-state index in [0.29, 0.717) is 38.2 Å². The van der Waals surface area contributed by atoms with Gasteiger partial charge in [-0.2, -0.15) is 0 Å². The number of carbonyl (C=O) groups is 2. The van der Waals surface area contributed by atoms with E-state index in [1.165, 1.54) is 11.0 Å². The molecule has 1 spiro atoms. The minimum absolute atomic E-state index is 0.0905. The van der Waals surface area contributed by atoms with Gasteiger partial charge in [0.25, 0.3) is 5.91 Å². The summed E-state index contributed by atoms with van der Waals surface area (Å²) < 4.78 is 14.2. The largest absolute Gasteiger partial charge is 0.392 e. The fraction of sp³-hybridized carbons (Fsp3) is 0.409. The lowest BCUT2D eigenvalue weighted by Crippen LogP contribution is -2.81. The number of piperazine rings is 1. The monoisotopic (exact) mass is 410 g/mol. The van der Waals surface area contributed by atoms with Crippen molar-refractivity contribution in [3.8, 4) is 0 Å². The molecule has 30 heavy (non-hydrogen) atoms. The number of imide groups is 1. The molecule has 2 unspecified atom stereocenters. The molecular weight excluding hydrogens is 387 g/mol. The van der Waals surface area contributed by atoms with Crippen LogP contribution in [0.2, 0.25) is 0 Å². The van der Waals surface area contributed by atoms with Crippen LogP contribution in [0.1, 0.15) is 17.7 Å². The van der Waals surface area contributed by atoms with Gasteiger partial charge in [0, 0.05) is 37.9 Å². The molecule has 3 saturated heterocycles. The van der Waals surface area contributed by atoms with Crippen molar-refractivity contribution in [3.63, 3.8) is 0 Å². The van der Waals surface area contributed by atoms with Crippen LogP contribution in [-0.4, -0.2) is 73.9 Å². The summed E-state index contributed by atoms with van der Waals surface area (Å²) in [5.74, 6) is -1.10. The minimum Gasteiger partial charge on any atom is -0.392 e. The summed E-state index contributed by atoms with van der Waals surface area (Å²) in [5.41, 5.74) is 0.356. The van der Waals surface area contributed by atoms with E-state index >= 15 is 0 Å². The first-order valence-corrected chi connectivity index (χ1v) is 10.1. The highest BCUT2D eigenvalue weighted by Gasteiger charge is 2.64. The van der Waals surface area contributed by atoms with Gasteiger partial charge in [0.05, 0.1) is 24.4 Å². The summed E-state index contributed by atoms with van der Waals surface area (Å²) in [6, 6.07) is 11.3. The Kier molecular flexibility index (Phi) is 4.65. The number of halogens is 1. The van der Waals surface area contributed by atoms with Gasteiger partial charge in [0.2, 0.25) is 5.91 Å². The van der Waals surface area contributed by atoms with Gasteiger partial charge in [-0.3, -0.25) is 29.3 Å². The lowest BCUT2D eigenvalue weighted by atomic mass is 9.82. The summed E-state index contributed by atoms with van der Waals surface area (Å²) in [6.07, 6.45) is 1.38. The molecule has 1 aromatic carbocycles. The van der Waals surface area contributed by atoms with Crippen LogP contribution in [0.5, 0.6) is 0 Å². The van der Waals surface area contributed by atoms with Gasteiger partial charge in [-0.05, 0) is 24.6 Å². The molecule has 1 N–H and O–H groups in total. The summed E-state index contributed by atoms with van der Waals surface area (Å²) >= 11 is 0. The quantitative estimate of drug-likeness (QED) is 0.751. The van der Waals surface area contributed by atoms with E-state index in [2.05, 4.69) is 9.88 Å². The molecular formula is C22H23FN4O3. The summed E-state index contributed by atoms with van der Waals surface area (Å²) in [5, 5.41) is 10.2. The highest BCUT2D eigenvalue weighted by Crippen LogP contribution is 2.41. The number of hydrogen-bond acceptors (Lipinski definition) is 6. The van der Waals surface area contributed by atoms with Crippen LogP contribution >= 0.6 is 0 Å². The van der Waals surface area contributed by atoms with Gasteiger partial charge in [-0.15, -0.1) is 0 Å². The maximum Gasteiger partial charge on any atom is 0.252 e. The lowest BCUT2D eigenvalue weighted by molar-refractivity contribution is -0.181. The molecule has 2 amide bonds. The lowest BCUT2D eigenvalue weighted by Gasteiger charge is -2.58. The first-order valence-electron chi connectivity index (χ1n) is 10.1. The second kappa shape index (κ2) is 7.23. The maximum atomic E-state index is 14.2. The molecule has 2 atom stereocenters. The standard InChI is InChI=1S/C22H23FN4O3/c23-18-7-2-1-5-15(18)10-26-20(29)19-9-17(28)12-27(19)22(21(26)30)13-25(14-22)11-16-6-3-4-8-24-16/h1-8,17,19,28H,9-14H2. The Hall–Kier alpha value is -2.68. The third-order valence-corrected chi connectivity index (χ3v) is 6.39. The number of pyridine rings is 1. The zero-order valence-electron chi connectivity index (χ0n) is 16.4. The van der Waals surface area contributed by atoms with Crippen LogP contribution in [0, 0.1) is 5.82 Å². The number of aliphatic hydroxyl groups is 1. The third kappa shape index (κ3) is 3.03. The number of benzene rings is 1. The van der Waals surface area contributed by atoms with Crippen LogP contribution in [0.3, 0.4) is 0 Å². The fourth-order valence-electron chi connectivity index (χ4n) is 4.96. The molecule has 8 heteroatoms. The minimum atomic E-state index is -0.865. The Balaban J connectivity index is 1.41. The van der Waals surface area contributed by atoms with Gasteiger partial charge < -0.3 is 5.11 Å². The number of aromatic nitrogens is 1. The first-order chi connectivity index (χ1) is 14.5. The van der Waals surface area contributed by atoms with E-state index in [9.17, 15) is 19.1 Å². The van der Waals surface area contributed by atoms with Crippen LogP contribution in [-0.2, 0) is 22.7 Å². The van der Waals surface area contributed by atoms with Crippen molar-refractivity contribution in [1.29, 1.82) is 0 Å². The first kappa shape index (κ1) is 19.3. The number of β-amino-alcohol motifs (C(OH)–C–C–N with tert-alkyl or cyclic N) is 1. The van der Waals surface area contributed by atoms with Crippen molar-refractivity contribution in [2.45, 2.75) is 37.2 Å². The third-order valence-electron chi connectivity index (χ3n) is 6.39. The molecule has 0 aliphatic carbocycles. The van der Waals surface area contributed by atoms with Crippen LogP contribution in [0.15, 0.2) is 48.7 Å². The predicted octanol–water partition coefficient (Wildman–Crippen LogP) is 0.779. The van der Waals surface area contributed by atoms with Gasteiger partial charge in [-0.25, -0.2) is 4.39 Å². The molecule has 3 fully saturated rings. The average Bonchev–Trinajstić information content (AvgIpc) is 3.11. The summed E-state index contributed by atoms with van der Waals surface area (Å²) in [7, 11) is 0. The van der Waals surface area contributed by atoms with E-state index in [1.807, 2.05) is 23.1 Å². The van der Waals surface area contributed by atoms with Gasteiger partial charge in [0.15, 0.2) is 0 Å². The molecule has 2 aromatic rings. The number of likely N-dealkylation sites (tertiary alicyclic amines) is 1. The molecule has 7 nitrogen and oxygen atoms in total. The van der Waals surface area contributed by atoms with E-state index < -0.39 is 23.5 Å². The number of nitrogens with zero attached hydrogens (tertiary/aromatic N) is 4. The summed E-state index contributed by atoms with van der Waals surface area (Å²) in [4.78, 5) is 36.1. The normalized spacial score (nSPS) is 26.1. The summed E-state index contributed by atoms with van der Waals surface area (Å²) in [6.45, 7) is 1.72. The molecule has 156 valence electrons. The van der Waals surface area contributed by atoms with Gasteiger partial charge in [-0.1, -0.05) is 24.3 Å². The van der Waals surface area contributed by atoms with Crippen molar-refractivity contribution in [3.05, 3.63) is 65.7 Å². The number of hydrogen-bond donors (Lipinski definition) is 1. The highest BCUT2D eigenvalue weighted by atomic mass is 19.1. The smallest absolute Gasteiger partial charge is 0.252 e. The van der Waals surface area contributed by atoms with Crippen molar-refractivity contribution in [2.24, 2.45) is 0 Å². The second-order valence-corrected chi connectivity index (χ2v) is 8.38. The van der Waals surface area contributed by atoms with Crippen LogP contribution in [0.25, 0.3) is 0 Å². The molecule has 0 bridgehead atoms. The van der Waals surface area contributed by atoms with Crippen molar-refractivity contribution in [1.82, 2.24) is 19.7 Å². The topological polar surface area (TPSA) is 77.0 Å². The Morgan fingerprint density at radius 3 is 2.60 bits per heavy atom. The predicted molar refractivity (Wildman–Crippen MR) is 105 cm³/mol. The number of amides is 2. The Labute approximate surface area is 173 Å². The molecule has 5 rings (SSSR count). The fourth-order valence-corrected chi connectivity index (χ4v) is 4.96. The van der Waals surface area contributed by atoms with E-state index in [1.54, 1.807) is 24.4 Å². The Morgan fingerprint density at radius 2 is 1.87 bits per heavy atom. The maximum absolute atomic E-state index is 14.2. The van der Waals surface area contributed by atoms with E-state index in [-0.39, 0.29) is 18.4 Å². The molecule has 4 heterocycles. The van der Waals surface area contributed by atoms with Crippen LogP contribution < -0.4 is 0 Å². The molecule has 3 aliphatic heterocycles. The Morgan fingerprint density at radius 1 is 1.10 bits per heavy atom. The molecule has 0 radical (unpaired) electrons. The van der Waals surface area contributed by atoms with Gasteiger partial charge >= 0.3 is 0 Å². The van der Waals surface area contributed by atoms with Crippen LogP contribution in [0.4, 0.5) is 4.39 Å². The van der Waals surface area contributed by atoms with Gasteiger partial charge in [0.1, 0.15) is 11.4 Å². The zero-order chi connectivity index (χ0) is 20.9. The highest BCUT2D eigenvalue weighted by molar-refractivity contribution is 6.06. The van der Waals surface area contributed by atoms with Crippen molar-refractivity contribution in [2.75, 3.05) is 19.6 Å². The molecule has 1 aromatic heterocycles. The van der Waals surface area contributed by atoms with Crippen molar-refractivity contribution >= 4 is 11.8 Å². The van der Waals surface area contributed by atoms with Crippen molar-refractivity contribution < 1.29 is 19.1 Å².